The number of rotatable bonds is 9. The van der Waals surface area contributed by atoms with Gasteiger partial charge in [-0.2, -0.15) is 0 Å². The van der Waals surface area contributed by atoms with Gasteiger partial charge in [0.25, 0.3) is 0 Å². The molecule has 0 aliphatic heterocycles. The molecule has 3 rings (SSSR count). The van der Waals surface area contributed by atoms with Gasteiger partial charge in [0.15, 0.2) is 0 Å². The lowest BCUT2D eigenvalue weighted by Gasteiger charge is -2.41. The third-order valence-corrected chi connectivity index (χ3v) is 5.06. The van der Waals surface area contributed by atoms with Gasteiger partial charge in [-0.15, -0.1) is 19.7 Å². The average Bonchev–Trinajstić information content (AvgIpc) is 2.77. The molecule has 3 aromatic rings. The minimum absolute atomic E-state index is 0.00705. The number of hydrogen-bond acceptors (Lipinski definition) is 1. The first-order valence-corrected chi connectivity index (χ1v) is 9.60. The Morgan fingerprint density at radius 1 is 0.464 bits per heavy atom. The topological polar surface area (TPSA) is 3.24 Å². The highest BCUT2D eigenvalue weighted by molar-refractivity contribution is 5.32. The van der Waals surface area contributed by atoms with E-state index in [1.165, 1.54) is 16.7 Å². The molecular weight excluding hydrogens is 338 g/mol. The molecule has 0 bridgehead atoms. The lowest BCUT2D eigenvalue weighted by Crippen LogP contribution is -2.34. The van der Waals surface area contributed by atoms with E-state index in [0.29, 0.717) is 0 Å². The van der Waals surface area contributed by atoms with E-state index in [2.05, 4.69) is 97.4 Å². The minimum atomic E-state index is 0.00705. The van der Waals surface area contributed by atoms with Crippen LogP contribution in [0.2, 0.25) is 0 Å². The van der Waals surface area contributed by atoms with Crippen molar-refractivity contribution in [3.63, 3.8) is 0 Å². The monoisotopic (exact) mass is 365 g/mol. The quantitative estimate of drug-likeness (QED) is 0.367. The Balaban J connectivity index is 2.16. The molecule has 0 spiro atoms. The van der Waals surface area contributed by atoms with E-state index in [4.69, 9.17) is 0 Å². The average molecular weight is 366 g/mol. The summed E-state index contributed by atoms with van der Waals surface area (Å²) in [4.78, 5) is 2.42. The summed E-state index contributed by atoms with van der Waals surface area (Å²) in [6, 6.07) is 31.5. The molecule has 0 aliphatic rings. The first-order valence-electron chi connectivity index (χ1n) is 9.60. The maximum Gasteiger partial charge on any atom is 0.0547 e. The van der Waals surface area contributed by atoms with Gasteiger partial charge in [0, 0.05) is 0 Å². The molecule has 0 N–H and O–H groups in total. The Hall–Kier alpha value is -3.16. The molecule has 1 nitrogen and oxygen atoms in total. The van der Waals surface area contributed by atoms with Gasteiger partial charge in [0.1, 0.15) is 0 Å². The van der Waals surface area contributed by atoms with Crippen LogP contribution in [0.15, 0.2) is 129 Å². The van der Waals surface area contributed by atoms with Crippen LogP contribution < -0.4 is 0 Å². The van der Waals surface area contributed by atoms with E-state index in [1.54, 1.807) is 0 Å². The fourth-order valence-corrected chi connectivity index (χ4v) is 3.76. The fourth-order valence-electron chi connectivity index (χ4n) is 3.76. The third-order valence-electron chi connectivity index (χ3n) is 5.06. The van der Waals surface area contributed by atoms with Gasteiger partial charge in [-0.1, -0.05) is 109 Å². The Morgan fingerprint density at radius 3 is 0.929 bits per heavy atom. The van der Waals surface area contributed by atoms with Gasteiger partial charge in [-0.25, -0.2) is 0 Å². The molecule has 0 heterocycles. The predicted molar refractivity (Wildman–Crippen MR) is 120 cm³/mol. The molecule has 1 heteroatoms. The second-order valence-corrected chi connectivity index (χ2v) is 6.72. The van der Waals surface area contributed by atoms with Crippen molar-refractivity contribution in [3.8, 4) is 0 Å². The van der Waals surface area contributed by atoms with Crippen molar-refractivity contribution in [2.45, 2.75) is 18.1 Å². The summed E-state index contributed by atoms with van der Waals surface area (Å²) in [6.07, 6.45) is 6.02. The summed E-state index contributed by atoms with van der Waals surface area (Å²) in [7, 11) is 0. The fraction of sp³-hybridized carbons (Fsp3) is 0.111. The van der Waals surface area contributed by atoms with Gasteiger partial charge in [0.2, 0.25) is 0 Å². The molecule has 0 aliphatic carbocycles. The first-order chi connectivity index (χ1) is 13.8. The number of hydrogen-bond donors (Lipinski definition) is 0. The van der Waals surface area contributed by atoms with Gasteiger partial charge < -0.3 is 0 Å². The van der Waals surface area contributed by atoms with E-state index in [-0.39, 0.29) is 18.1 Å². The maximum absolute atomic E-state index is 4.17. The van der Waals surface area contributed by atoms with Gasteiger partial charge in [-0.3, -0.25) is 4.90 Å². The Bertz CT molecular complexity index is 761. The second kappa shape index (κ2) is 9.68. The van der Waals surface area contributed by atoms with Crippen LogP contribution in [-0.4, -0.2) is 4.90 Å². The van der Waals surface area contributed by atoms with Crippen molar-refractivity contribution < 1.29 is 0 Å². The highest BCUT2D eigenvalue weighted by atomic mass is 15.2. The van der Waals surface area contributed by atoms with Crippen LogP contribution >= 0.6 is 0 Å². The molecular formula is C27H27N. The SMILES string of the molecule is C=CC(c1ccccc1)N(C(C=C)c1ccccc1)C(C=C)c1ccccc1. The summed E-state index contributed by atoms with van der Waals surface area (Å²) in [6.45, 7) is 12.5. The van der Waals surface area contributed by atoms with Gasteiger partial charge in [-0.05, 0) is 16.7 Å². The Morgan fingerprint density at radius 2 is 0.714 bits per heavy atom. The molecule has 0 fully saturated rings. The van der Waals surface area contributed by atoms with Crippen LogP contribution in [0.25, 0.3) is 0 Å². The zero-order chi connectivity index (χ0) is 19.8. The molecule has 0 saturated carbocycles. The van der Waals surface area contributed by atoms with E-state index < -0.39 is 0 Å². The summed E-state index contributed by atoms with van der Waals surface area (Å²) < 4.78 is 0. The molecule has 0 amide bonds. The molecule has 3 atom stereocenters. The Kier molecular flexibility index (Phi) is 6.78. The zero-order valence-corrected chi connectivity index (χ0v) is 16.2. The molecule has 0 saturated heterocycles. The van der Waals surface area contributed by atoms with Crippen molar-refractivity contribution in [1.29, 1.82) is 0 Å². The number of benzene rings is 3. The standard InChI is InChI=1S/C27H27N/c1-4-25(22-16-10-7-11-17-22)28(26(5-2)23-18-12-8-13-19-23)27(6-3)24-20-14-9-15-21-24/h4-21,25-27H,1-3H2. The normalized spacial score (nSPS) is 14.0. The van der Waals surface area contributed by atoms with E-state index in [9.17, 15) is 0 Å². The zero-order valence-electron chi connectivity index (χ0n) is 16.2. The first kappa shape index (κ1) is 19.6. The molecule has 140 valence electrons. The van der Waals surface area contributed by atoms with Crippen LogP contribution in [0.1, 0.15) is 34.8 Å². The Labute approximate surface area is 169 Å². The van der Waals surface area contributed by atoms with Crippen LogP contribution in [0.4, 0.5) is 0 Å². The third kappa shape index (κ3) is 4.21. The molecule has 0 radical (unpaired) electrons. The highest BCUT2D eigenvalue weighted by Gasteiger charge is 2.31. The van der Waals surface area contributed by atoms with Crippen molar-refractivity contribution >= 4 is 0 Å². The second-order valence-electron chi connectivity index (χ2n) is 6.72. The van der Waals surface area contributed by atoms with Crippen molar-refractivity contribution in [1.82, 2.24) is 4.90 Å². The smallest absolute Gasteiger partial charge is 0.0547 e. The molecule has 3 aromatic carbocycles. The number of nitrogens with zero attached hydrogens (tertiary/aromatic N) is 1. The van der Waals surface area contributed by atoms with E-state index in [1.807, 2.05) is 36.4 Å². The van der Waals surface area contributed by atoms with Crippen LogP contribution in [0, 0.1) is 0 Å². The van der Waals surface area contributed by atoms with E-state index in [0.717, 1.165) is 0 Å². The lowest BCUT2D eigenvalue weighted by atomic mass is 9.93. The molecule has 0 aromatic heterocycles. The summed E-state index contributed by atoms with van der Waals surface area (Å²) >= 11 is 0. The largest absolute Gasteiger partial charge is 0.272 e. The van der Waals surface area contributed by atoms with Crippen molar-refractivity contribution in [2.24, 2.45) is 0 Å². The molecule has 28 heavy (non-hydrogen) atoms. The minimum Gasteiger partial charge on any atom is -0.272 e. The maximum atomic E-state index is 4.17. The van der Waals surface area contributed by atoms with Crippen molar-refractivity contribution in [2.75, 3.05) is 0 Å². The highest BCUT2D eigenvalue weighted by Crippen LogP contribution is 2.40. The summed E-state index contributed by atoms with van der Waals surface area (Å²) in [5, 5.41) is 0. The van der Waals surface area contributed by atoms with Crippen molar-refractivity contribution in [3.05, 3.63) is 146 Å². The molecule has 3 unspecified atom stereocenters. The predicted octanol–water partition coefficient (Wildman–Crippen LogP) is 7.07. The van der Waals surface area contributed by atoms with Crippen LogP contribution in [0.5, 0.6) is 0 Å². The van der Waals surface area contributed by atoms with Crippen LogP contribution in [-0.2, 0) is 0 Å². The lowest BCUT2D eigenvalue weighted by molar-refractivity contribution is 0.152. The van der Waals surface area contributed by atoms with E-state index >= 15 is 0 Å². The van der Waals surface area contributed by atoms with Gasteiger partial charge in [0.05, 0.1) is 18.1 Å². The van der Waals surface area contributed by atoms with Crippen LogP contribution in [0.3, 0.4) is 0 Å². The summed E-state index contributed by atoms with van der Waals surface area (Å²) in [5.74, 6) is 0. The van der Waals surface area contributed by atoms with Gasteiger partial charge >= 0.3 is 0 Å². The summed E-state index contributed by atoms with van der Waals surface area (Å²) in [5.41, 5.74) is 3.59.